The van der Waals surface area contributed by atoms with Crippen molar-refractivity contribution in [3.8, 4) is 11.8 Å². The Morgan fingerprint density at radius 1 is 1.26 bits per heavy atom. The number of nitrogens with one attached hydrogen (secondary N) is 1. The summed E-state index contributed by atoms with van der Waals surface area (Å²) >= 11 is 3.47. The Kier molecular flexibility index (Phi) is 5.94. The average molecular weight is 375 g/mol. The molecule has 0 atom stereocenters. The third kappa shape index (κ3) is 3.80. The average Bonchev–Trinajstić information content (AvgIpc) is 2.58. The van der Waals surface area contributed by atoms with Crippen LogP contribution in [0.25, 0.3) is 0 Å². The van der Waals surface area contributed by atoms with Gasteiger partial charge in [-0.15, -0.1) is 5.10 Å². The minimum Gasteiger partial charge on any atom is -0.496 e. The predicted molar refractivity (Wildman–Crippen MR) is 93.5 cm³/mol. The van der Waals surface area contributed by atoms with E-state index in [9.17, 15) is 5.26 Å². The van der Waals surface area contributed by atoms with Crippen LogP contribution in [0.5, 0.6) is 5.75 Å². The highest BCUT2D eigenvalue weighted by Gasteiger charge is 2.14. The standard InChI is InChI=1S/C17H19BrN4O/c1-4-12-13(9-19)17(22-21-15(12)5-2)20-10-11-6-7-16(23-3)14(18)8-11/h6-8H,4-5,10H2,1-3H3,(H,20,22). The van der Waals surface area contributed by atoms with Crippen molar-refractivity contribution in [2.75, 3.05) is 12.4 Å². The fraction of sp³-hybridized carbons (Fsp3) is 0.353. The Morgan fingerprint density at radius 2 is 2.04 bits per heavy atom. The van der Waals surface area contributed by atoms with E-state index in [0.29, 0.717) is 17.9 Å². The van der Waals surface area contributed by atoms with Crippen LogP contribution in [-0.4, -0.2) is 17.3 Å². The summed E-state index contributed by atoms with van der Waals surface area (Å²) in [5.74, 6) is 1.32. The molecular formula is C17H19BrN4O. The van der Waals surface area contributed by atoms with Gasteiger partial charge >= 0.3 is 0 Å². The van der Waals surface area contributed by atoms with E-state index in [1.54, 1.807) is 7.11 Å². The van der Waals surface area contributed by atoms with Gasteiger partial charge in [0.25, 0.3) is 0 Å². The number of methoxy groups -OCH3 is 1. The molecule has 0 saturated carbocycles. The summed E-state index contributed by atoms with van der Waals surface area (Å²) in [6.45, 7) is 4.61. The van der Waals surface area contributed by atoms with Crippen LogP contribution in [0.15, 0.2) is 22.7 Å². The van der Waals surface area contributed by atoms with Gasteiger partial charge in [0, 0.05) is 6.54 Å². The van der Waals surface area contributed by atoms with E-state index < -0.39 is 0 Å². The first kappa shape index (κ1) is 17.2. The van der Waals surface area contributed by atoms with Gasteiger partial charge in [0.05, 0.1) is 17.3 Å². The van der Waals surface area contributed by atoms with E-state index in [2.05, 4.69) is 37.5 Å². The molecule has 0 fully saturated rings. The van der Waals surface area contributed by atoms with Gasteiger partial charge in [-0.2, -0.15) is 10.4 Å². The highest BCUT2D eigenvalue weighted by atomic mass is 79.9. The molecule has 0 amide bonds. The van der Waals surface area contributed by atoms with Gasteiger partial charge in [-0.1, -0.05) is 19.9 Å². The Hall–Kier alpha value is -2.13. The van der Waals surface area contributed by atoms with Crippen molar-refractivity contribution in [2.24, 2.45) is 0 Å². The Balaban J connectivity index is 2.24. The number of benzene rings is 1. The van der Waals surface area contributed by atoms with Crippen LogP contribution in [0, 0.1) is 11.3 Å². The second kappa shape index (κ2) is 7.93. The zero-order valence-corrected chi connectivity index (χ0v) is 15.1. The van der Waals surface area contributed by atoms with Crippen molar-refractivity contribution in [2.45, 2.75) is 33.2 Å². The van der Waals surface area contributed by atoms with E-state index in [1.165, 1.54) is 0 Å². The monoisotopic (exact) mass is 374 g/mol. The second-order valence-corrected chi connectivity index (χ2v) is 5.84. The van der Waals surface area contributed by atoms with E-state index >= 15 is 0 Å². The molecule has 0 bridgehead atoms. The molecule has 1 aromatic carbocycles. The molecule has 1 N–H and O–H groups in total. The number of anilines is 1. The van der Waals surface area contributed by atoms with Gasteiger partial charge in [-0.05, 0) is 52.0 Å². The second-order valence-electron chi connectivity index (χ2n) is 4.99. The molecule has 2 rings (SSSR count). The summed E-state index contributed by atoms with van der Waals surface area (Å²) in [6, 6.07) is 8.11. The van der Waals surface area contributed by atoms with Gasteiger partial charge in [0.2, 0.25) is 0 Å². The lowest BCUT2D eigenvalue weighted by atomic mass is 10.0. The van der Waals surface area contributed by atoms with Gasteiger partial charge in [0.1, 0.15) is 17.4 Å². The molecule has 0 aliphatic rings. The van der Waals surface area contributed by atoms with Gasteiger partial charge in [0.15, 0.2) is 5.82 Å². The third-order valence-corrected chi connectivity index (χ3v) is 4.25. The zero-order valence-electron chi connectivity index (χ0n) is 13.5. The summed E-state index contributed by atoms with van der Waals surface area (Å²) in [6.07, 6.45) is 1.54. The Labute approximate surface area is 144 Å². The van der Waals surface area contributed by atoms with Crippen LogP contribution in [-0.2, 0) is 19.4 Å². The SMILES string of the molecule is CCc1nnc(NCc2ccc(OC)c(Br)c2)c(C#N)c1CC. The van der Waals surface area contributed by atoms with Crippen LogP contribution < -0.4 is 10.1 Å². The molecule has 6 heteroatoms. The number of hydrogen-bond acceptors (Lipinski definition) is 5. The summed E-state index contributed by atoms with van der Waals surface area (Å²) in [7, 11) is 1.63. The first-order chi connectivity index (χ1) is 11.1. The minimum atomic E-state index is 0.536. The summed E-state index contributed by atoms with van der Waals surface area (Å²) in [5.41, 5.74) is 3.51. The Bertz CT molecular complexity index is 740. The van der Waals surface area contributed by atoms with Crippen molar-refractivity contribution in [3.05, 3.63) is 45.1 Å². The maximum atomic E-state index is 9.48. The van der Waals surface area contributed by atoms with Crippen molar-refractivity contribution in [3.63, 3.8) is 0 Å². The molecule has 0 unspecified atom stereocenters. The molecule has 0 saturated heterocycles. The molecule has 120 valence electrons. The van der Waals surface area contributed by atoms with Crippen molar-refractivity contribution >= 4 is 21.7 Å². The van der Waals surface area contributed by atoms with Crippen LogP contribution in [0.3, 0.4) is 0 Å². The molecule has 0 spiro atoms. The Morgan fingerprint density at radius 3 is 2.61 bits per heavy atom. The van der Waals surface area contributed by atoms with E-state index in [-0.39, 0.29) is 0 Å². The number of halogens is 1. The normalized spacial score (nSPS) is 10.2. The zero-order chi connectivity index (χ0) is 16.8. The summed E-state index contributed by atoms with van der Waals surface area (Å²) in [4.78, 5) is 0. The molecule has 23 heavy (non-hydrogen) atoms. The van der Waals surface area contributed by atoms with Crippen molar-refractivity contribution < 1.29 is 4.74 Å². The molecule has 1 heterocycles. The summed E-state index contributed by atoms with van der Waals surface area (Å²) in [5, 5.41) is 21.1. The molecule has 0 aliphatic heterocycles. The predicted octanol–water partition coefficient (Wildman–Crippen LogP) is 3.86. The van der Waals surface area contributed by atoms with Gasteiger partial charge in [-0.3, -0.25) is 0 Å². The quantitative estimate of drug-likeness (QED) is 0.830. The molecule has 1 aromatic heterocycles. The number of aromatic nitrogens is 2. The number of nitrogens with zero attached hydrogens (tertiary/aromatic N) is 3. The van der Waals surface area contributed by atoms with E-state index in [4.69, 9.17) is 4.74 Å². The first-order valence-corrected chi connectivity index (χ1v) is 8.28. The fourth-order valence-corrected chi connectivity index (χ4v) is 3.01. The van der Waals surface area contributed by atoms with E-state index in [1.807, 2.05) is 32.0 Å². The lowest BCUT2D eigenvalue weighted by Gasteiger charge is -2.12. The van der Waals surface area contributed by atoms with E-state index in [0.717, 1.165) is 39.9 Å². The molecule has 0 radical (unpaired) electrons. The number of ether oxygens (including phenoxy) is 1. The topological polar surface area (TPSA) is 70.8 Å². The number of aryl methyl sites for hydroxylation is 1. The number of hydrogen-bond donors (Lipinski definition) is 1. The van der Waals surface area contributed by atoms with Crippen LogP contribution >= 0.6 is 15.9 Å². The van der Waals surface area contributed by atoms with Crippen LogP contribution in [0.4, 0.5) is 5.82 Å². The number of nitriles is 1. The van der Waals surface area contributed by atoms with Crippen LogP contribution in [0.1, 0.15) is 36.2 Å². The summed E-state index contributed by atoms with van der Waals surface area (Å²) < 4.78 is 6.11. The number of rotatable bonds is 6. The smallest absolute Gasteiger partial charge is 0.167 e. The molecular weight excluding hydrogens is 356 g/mol. The van der Waals surface area contributed by atoms with Gasteiger partial charge < -0.3 is 10.1 Å². The molecule has 2 aromatic rings. The third-order valence-electron chi connectivity index (χ3n) is 3.63. The maximum Gasteiger partial charge on any atom is 0.167 e. The first-order valence-electron chi connectivity index (χ1n) is 7.49. The highest BCUT2D eigenvalue weighted by molar-refractivity contribution is 9.10. The largest absolute Gasteiger partial charge is 0.496 e. The van der Waals surface area contributed by atoms with Crippen LogP contribution in [0.2, 0.25) is 0 Å². The molecule has 0 aliphatic carbocycles. The lowest BCUT2D eigenvalue weighted by Crippen LogP contribution is -2.10. The lowest BCUT2D eigenvalue weighted by molar-refractivity contribution is 0.412. The van der Waals surface area contributed by atoms with Gasteiger partial charge in [-0.25, -0.2) is 0 Å². The highest BCUT2D eigenvalue weighted by Crippen LogP contribution is 2.26. The van der Waals surface area contributed by atoms with Crippen molar-refractivity contribution in [1.82, 2.24) is 10.2 Å². The van der Waals surface area contributed by atoms with Crippen molar-refractivity contribution in [1.29, 1.82) is 5.26 Å². The molecule has 5 nitrogen and oxygen atoms in total. The maximum absolute atomic E-state index is 9.48. The fourth-order valence-electron chi connectivity index (χ4n) is 2.42. The minimum absolute atomic E-state index is 0.536.